The van der Waals surface area contributed by atoms with Crippen LogP contribution < -0.4 is 0 Å². The largest absolute Gasteiger partial charge is 0.128 e. The van der Waals surface area contributed by atoms with E-state index in [0.717, 1.165) is 11.3 Å². The van der Waals surface area contributed by atoms with E-state index in [1.54, 1.807) is 0 Å². The Morgan fingerprint density at radius 2 is 1.83 bits per heavy atom. The van der Waals surface area contributed by atoms with Crippen molar-refractivity contribution in [1.29, 1.82) is 0 Å². The highest BCUT2D eigenvalue weighted by Crippen LogP contribution is 2.30. The second kappa shape index (κ2) is 3.42. The summed E-state index contributed by atoms with van der Waals surface area (Å²) in [5.74, 6) is 0. The molecule has 0 radical (unpaired) electrons. The molecule has 1 aromatic carbocycles. The van der Waals surface area contributed by atoms with E-state index in [2.05, 4.69) is 15.9 Å². The molecule has 1 heterocycles. The monoisotopic (exact) mass is 245 g/mol. The van der Waals surface area contributed by atoms with Crippen LogP contribution in [-0.2, 0) is 0 Å². The van der Waals surface area contributed by atoms with E-state index >= 15 is 0 Å². The molecule has 0 unspecified atom stereocenters. The van der Waals surface area contributed by atoms with Crippen LogP contribution in [0.2, 0.25) is 0 Å². The third-order valence-corrected chi connectivity index (χ3v) is 2.67. The first kappa shape index (κ1) is 3.28. The lowest BCUT2D eigenvalue weighted by molar-refractivity contribution is 1.70. The van der Waals surface area contributed by atoms with Crippen molar-refractivity contribution in [1.82, 2.24) is 0 Å². The molecule has 0 aliphatic rings. The van der Waals surface area contributed by atoms with Crippen molar-refractivity contribution < 1.29 is 9.60 Å². The molecule has 12 heavy (non-hydrogen) atoms. The summed E-state index contributed by atoms with van der Waals surface area (Å²) >= 11 is 4.14. The van der Waals surface area contributed by atoms with Crippen LogP contribution in [0.3, 0.4) is 0 Å². The van der Waals surface area contributed by atoms with E-state index in [-0.39, 0.29) is 34.6 Å². The van der Waals surface area contributed by atoms with E-state index in [4.69, 9.17) is 9.60 Å². The lowest BCUT2D eigenvalue weighted by Crippen LogP contribution is -1.67. The topological polar surface area (TPSA) is 0 Å². The van der Waals surface area contributed by atoms with Gasteiger partial charge in [0, 0.05) is 4.88 Å². The van der Waals surface area contributed by atoms with Crippen LogP contribution in [0.1, 0.15) is 9.60 Å². The fourth-order valence-corrected chi connectivity index (χ4v) is 1.90. The molecule has 0 aliphatic heterocycles. The number of rotatable bonds is 1. The molecule has 0 bridgehead atoms. The summed E-state index contributed by atoms with van der Waals surface area (Å²) in [4.78, 5) is 0.203. The average Bonchev–Trinajstić information content (AvgIpc) is 2.62. The van der Waals surface area contributed by atoms with Crippen LogP contribution in [-0.4, -0.2) is 0 Å². The van der Waals surface area contributed by atoms with Crippen molar-refractivity contribution >= 4 is 27.3 Å². The smallest absolute Gasteiger partial charge is 0.0705 e. The van der Waals surface area contributed by atoms with Crippen LogP contribution in [0.25, 0.3) is 10.4 Å². The normalized spacial score (nSPS) is 18.2. The number of hydrogen-bond acceptors (Lipinski definition) is 1. The zero-order chi connectivity index (χ0) is 14.5. The Morgan fingerprint density at radius 1 is 1.08 bits per heavy atom. The highest BCUT2D eigenvalue weighted by molar-refractivity contribution is 9.11. The Kier molecular flexibility index (Phi) is 0.933. The molecule has 0 saturated heterocycles. The van der Waals surface area contributed by atoms with Gasteiger partial charge in [-0.3, -0.25) is 0 Å². The van der Waals surface area contributed by atoms with Gasteiger partial charge in [0.25, 0.3) is 0 Å². The van der Waals surface area contributed by atoms with Gasteiger partial charge in [0.2, 0.25) is 0 Å². The summed E-state index contributed by atoms with van der Waals surface area (Å²) < 4.78 is 54.2. The predicted molar refractivity (Wildman–Crippen MR) is 57.5 cm³/mol. The van der Waals surface area contributed by atoms with Gasteiger partial charge in [-0.25, -0.2) is 0 Å². The number of benzene rings is 1. The van der Waals surface area contributed by atoms with Gasteiger partial charge < -0.3 is 0 Å². The van der Waals surface area contributed by atoms with E-state index in [1.165, 1.54) is 0 Å². The second-order valence-electron chi connectivity index (χ2n) is 1.95. The molecule has 0 amide bonds. The van der Waals surface area contributed by atoms with Crippen molar-refractivity contribution in [3.8, 4) is 10.4 Å². The summed E-state index contributed by atoms with van der Waals surface area (Å²) in [5, 5.41) is 0. The van der Waals surface area contributed by atoms with E-state index in [1.807, 2.05) is 0 Å². The third-order valence-electron chi connectivity index (χ3n) is 1.19. The van der Waals surface area contributed by atoms with Gasteiger partial charge in [-0.05, 0) is 33.6 Å². The molecule has 1 aromatic heterocycles. The van der Waals surface area contributed by atoms with Crippen molar-refractivity contribution in [2.45, 2.75) is 0 Å². The molecule has 2 rings (SSSR count). The number of hydrogen-bond donors (Lipinski definition) is 0. The Bertz CT molecular complexity index is 650. The van der Waals surface area contributed by atoms with Crippen LogP contribution in [0.15, 0.2) is 46.1 Å². The second-order valence-corrected chi connectivity index (χ2v) is 4.29. The molecule has 2 aromatic rings. The van der Waals surface area contributed by atoms with Gasteiger partial charge in [0.15, 0.2) is 0 Å². The summed E-state index contributed by atoms with van der Waals surface area (Å²) in [6, 6.07) is -2.24. The molecule has 0 aliphatic carbocycles. The number of halogens is 1. The van der Waals surface area contributed by atoms with Crippen LogP contribution >= 0.6 is 27.3 Å². The molecule has 0 nitrogen and oxygen atoms in total. The standard InChI is InChI=1S/C10H7BrS/c11-10-7-6-9(12-10)8-4-2-1-3-5-8/h1-7H/i1D,2D,3D,4D,5D,6D,7D. The zero-order valence-corrected chi connectivity index (χ0v) is 8.19. The summed E-state index contributed by atoms with van der Waals surface area (Å²) in [7, 11) is 0. The highest BCUT2D eigenvalue weighted by atomic mass is 79.9. The SMILES string of the molecule is [2H]c1c(Br)sc(-c2c([2H])c([2H])c([2H])c([2H])c2[2H])c1[2H]. The summed E-state index contributed by atoms with van der Waals surface area (Å²) in [5.41, 5.74) is -0.0276. The van der Waals surface area contributed by atoms with Gasteiger partial charge in [0.05, 0.1) is 13.4 Å². The fourth-order valence-electron chi connectivity index (χ4n) is 0.724. The first-order valence-corrected chi connectivity index (χ1v) is 4.71. The van der Waals surface area contributed by atoms with Crippen LogP contribution in [0.4, 0.5) is 0 Å². The maximum Gasteiger partial charge on any atom is 0.0705 e. The fraction of sp³-hybridized carbons (Fsp3) is 0. The Morgan fingerprint density at radius 3 is 2.42 bits per heavy atom. The molecule has 0 N–H and O–H groups in total. The summed E-state index contributed by atoms with van der Waals surface area (Å²) in [6.07, 6.45) is 0. The molecule has 60 valence electrons. The van der Waals surface area contributed by atoms with Crippen molar-refractivity contribution in [3.05, 3.63) is 46.1 Å². The Labute approximate surface area is 93.8 Å². The minimum Gasteiger partial charge on any atom is -0.128 e. The maximum atomic E-state index is 7.82. The van der Waals surface area contributed by atoms with Crippen LogP contribution in [0, 0.1) is 0 Å². The zero-order valence-electron chi connectivity index (χ0n) is 12.8. The minimum absolute atomic E-state index is 0.0276. The molecule has 0 atom stereocenters. The lowest BCUT2D eigenvalue weighted by Gasteiger charge is -1.93. The van der Waals surface area contributed by atoms with Gasteiger partial charge in [0.1, 0.15) is 0 Å². The van der Waals surface area contributed by atoms with Crippen molar-refractivity contribution in [3.63, 3.8) is 0 Å². The Balaban J connectivity index is 2.87. The van der Waals surface area contributed by atoms with Crippen LogP contribution in [0.5, 0.6) is 0 Å². The third kappa shape index (κ3) is 1.59. The van der Waals surface area contributed by atoms with E-state index < -0.39 is 18.1 Å². The maximum absolute atomic E-state index is 7.82. The Hall–Kier alpha value is -0.600. The molecular weight excluding hydrogens is 232 g/mol. The molecule has 0 spiro atoms. The summed E-state index contributed by atoms with van der Waals surface area (Å²) in [6.45, 7) is 0. The molecule has 0 fully saturated rings. The van der Waals surface area contributed by atoms with Crippen molar-refractivity contribution in [2.75, 3.05) is 0 Å². The van der Waals surface area contributed by atoms with Gasteiger partial charge in [-0.2, -0.15) is 0 Å². The van der Waals surface area contributed by atoms with E-state index in [0.29, 0.717) is 3.79 Å². The van der Waals surface area contributed by atoms with Crippen molar-refractivity contribution in [2.24, 2.45) is 0 Å². The van der Waals surface area contributed by atoms with Gasteiger partial charge in [-0.1, -0.05) is 30.2 Å². The molecule has 2 heteroatoms. The predicted octanol–water partition coefficient (Wildman–Crippen LogP) is 4.18. The molecular formula is C10H7BrS. The quantitative estimate of drug-likeness (QED) is 0.708. The highest BCUT2D eigenvalue weighted by Gasteiger charge is 1.98. The first-order chi connectivity index (χ1) is 8.77. The molecule has 0 saturated carbocycles. The van der Waals surface area contributed by atoms with Gasteiger partial charge >= 0.3 is 0 Å². The number of thiophene rings is 1. The minimum atomic E-state index is -0.466. The average molecular weight is 246 g/mol. The van der Waals surface area contributed by atoms with E-state index in [9.17, 15) is 0 Å². The first-order valence-electron chi connectivity index (χ1n) is 6.60. The van der Waals surface area contributed by atoms with Gasteiger partial charge in [-0.15, -0.1) is 11.3 Å². The lowest BCUT2D eigenvalue weighted by atomic mass is 10.2.